The molecule has 0 saturated heterocycles. The third-order valence-electron chi connectivity index (χ3n) is 3.41. The van der Waals surface area contributed by atoms with E-state index in [2.05, 4.69) is 0 Å². The van der Waals surface area contributed by atoms with Crippen LogP contribution in [0.15, 0.2) is 18.3 Å². The third-order valence-corrected chi connectivity index (χ3v) is 5.03. The van der Waals surface area contributed by atoms with Gasteiger partial charge in [-0.3, -0.25) is 0 Å². The van der Waals surface area contributed by atoms with Crippen LogP contribution in [0.5, 0.6) is 5.75 Å². The van der Waals surface area contributed by atoms with Gasteiger partial charge in [-0.25, -0.2) is 16.8 Å². The molecule has 7 heteroatoms. The first-order chi connectivity index (χ1) is 9.77. The molecule has 21 heavy (non-hydrogen) atoms. The van der Waals surface area contributed by atoms with Gasteiger partial charge in [0.05, 0.1) is 5.75 Å². The molecule has 0 unspecified atom stereocenters. The normalized spacial score (nSPS) is 12.4. The number of aromatic nitrogens is 1. The van der Waals surface area contributed by atoms with Crippen molar-refractivity contribution in [2.75, 3.05) is 26.4 Å². The molecule has 2 rings (SSSR count). The van der Waals surface area contributed by atoms with Gasteiger partial charge >= 0.3 is 0 Å². The van der Waals surface area contributed by atoms with Crippen molar-refractivity contribution in [1.82, 2.24) is 8.87 Å². The first-order valence-corrected chi connectivity index (χ1v) is 8.28. The minimum Gasteiger partial charge on any atom is -0.507 e. The number of aromatic hydroxyl groups is 1. The smallest absolute Gasteiger partial charge is 0.238 e. The number of likely N-dealkylation sites (N-methyl/N-ethyl adjacent to an activating group) is 1. The van der Waals surface area contributed by atoms with E-state index < -0.39 is 15.8 Å². The number of hydrogen-bond acceptors (Lipinski definition) is 4. The Hall–Kier alpha value is -1.60. The molecule has 1 heterocycles. The molecule has 0 saturated carbocycles. The molecule has 0 aliphatic rings. The highest BCUT2D eigenvalue weighted by molar-refractivity contribution is 7.90. The number of nitrogens with zero attached hydrogens (tertiary/aromatic N) is 2. The van der Waals surface area contributed by atoms with Gasteiger partial charge in [-0.05, 0) is 45.1 Å². The summed E-state index contributed by atoms with van der Waals surface area (Å²) < 4.78 is 39.3. The Balaban J connectivity index is 2.74. The average molecular weight is 314 g/mol. The monoisotopic (exact) mass is 314 g/mol. The second-order valence-corrected chi connectivity index (χ2v) is 7.33. The quantitative estimate of drug-likeness (QED) is 0.914. The van der Waals surface area contributed by atoms with E-state index in [0.717, 1.165) is 10.0 Å². The number of benzene rings is 1. The maximum Gasteiger partial charge on any atom is 0.238 e. The molecule has 1 aromatic heterocycles. The zero-order valence-corrected chi connectivity index (χ0v) is 13.1. The minimum absolute atomic E-state index is 0.0781. The molecule has 1 N–H and O–H groups in total. The van der Waals surface area contributed by atoms with Crippen LogP contribution in [0.3, 0.4) is 0 Å². The Morgan fingerprint density at radius 3 is 2.57 bits per heavy atom. The van der Waals surface area contributed by atoms with Crippen molar-refractivity contribution >= 4 is 20.9 Å². The number of hydrogen-bond donors (Lipinski definition) is 1. The summed E-state index contributed by atoms with van der Waals surface area (Å²) >= 11 is 0. The molecule has 1 aromatic carbocycles. The second-order valence-electron chi connectivity index (χ2n) is 5.19. The molecule has 0 bridgehead atoms. The van der Waals surface area contributed by atoms with E-state index in [4.69, 9.17) is 0 Å². The van der Waals surface area contributed by atoms with Gasteiger partial charge in [0.2, 0.25) is 10.0 Å². The first-order valence-electron chi connectivity index (χ1n) is 6.67. The average Bonchev–Trinajstić information content (AvgIpc) is 2.82. The van der Waals surface area contributed by atoms with Crippen LogP contribution in [0, 0.1) is 5.82 Å². The summed E-state index contributed by atoms with van der Waals surface area (Å²) in [6.07, 6.45) is 1.93. The molecule has 0 radical (unpaired) electrons. The van der Waals surface area contributed by atoms with E-state index in [1.54, 1.807) is 0 Å². The van der Waals surface area contributed by atoms with E-state index in [1.165, 1.54) is 19.2 Å². The SMILES string of the molecule is CCS(=O)(=O)n1cc(CCN(C)C)c2c(O)ccc(F)c21. The summed E-state index contributed by atoms with van der Waals surface area (Å²) in [6.45, 7) is 2.17. The van der Waals surface area contributed by atoms with Crippen LogP contribution in [0.2, 0.25) is 0 Å². The molecule has 0 fully saturated rings. The highest BCUT2D eigenvalue weighted by Gasteiger charge is 2.22. The summed E-state index contributed by atoms with van der Waals surface area (Å²) in [5.74, 6) is -0.903. The van der Waals surface area contributed by atoms with Crippen molar-refractivity contribution in [3.8, 4) is 5.75 Å². The van der Waals surface area contributed by atoms with Crippen molar-refractivity contribution in [2.24, 2.45) is 0 Å². The lowest BCUT2D eigenvalue weighted by molar-refractivity contribution is 0.414. The van der Waals surface area contributed by atoms with Gasteiger partial charge in [0.25, 0.3) is 0 Å². The maximum atomic E-state index is 14.1. The fourth-order valence-electron chi connectivity index (χ4n) is 2.25. The van der Waals surface area contributed by atoms with Gasteiger partial charge in [-0.2, -0.15) is 0 Å². The fourth-order valence-corrected chi connectivity index (χ4v) is 3.27. The van der Waals surface area contributed by atoms with Crippen LogP contribution in [0.1, 0.15) is 12.5 Å². The Bertz CT molecular complexity index is 766. The second kappa shape index (κ2) is 5.65. The van der Waals surface area contributed by atoms with E-state index in [1.807, 2.05) is 19.0 Å². The van der Waals surface area contributed by atoms with Gasteiger partial charge in [0.1, 0.15) is 17.1 Å². The summed E-state index contributed by atoms with van der Waals surface area (Å²) in [5, 5.41) is 10.3. The van der Waals surface area contributed by atoms with Gasteiger partial charge in [0.15, 0.2) is 0 Å². The van der Waals surface area contributed by atoms with Crippen molar-refractivity contribution in [2.45, 2.75) is 13.3 Å². The van der Waals surface area contributed by atoms with Gasteiger partial charge < -0.3 is 10.0 Å². The number of fused-ring (bicyclic) bond motifs is 1. The zero-order valence-electron chi connectivity index (χ0n) is 12.3. The van der Waals surface area contributed by atoms with E-state index in [-0.39, 0.29) is 22.4 Å². The topological polar surface area (TPSA) is 62.5 Å². The van der Waals surface area contributed by atoms with E-state index in [9.17, 15) is 17.9 Å². The molecular weight excluding hydrogens is 295 g/mol. The Morgan fingerprint density at radius 2 is 2.00 bits per heavy atom. The number of halogens is 1. The van der Waals surface area contributed by atoms with Crippen LogP contribution < -0.4 is 0 Å². The largest absolute Gasteiger partial charge is 0.507 e. The molecular formula is C14H19FN2O3S. The Labute approximate surface area is 123 Å². The highest BCUT2D eigenvalue weighted by atomic mass is 32.2. The van der Waals surface area contributed by atoms with Crippen LogP contribution in [0.4, 0.5) is 4.39 Å². The third kappa shape index (κ3) is 2.89. The summed E-state index contributed by atoms with van der Waals surface area (Å²) in [6, 6.07) is 2.33. The molecule has 116 valence electrons. The lowest BCUT2D eigenvalue weighted by atomic mass is 10.1. The van der Waals surface area contributed by atoms with Gasteiger partial charge in [-0.1, -0.05) is 0 Å². The number of phenols is 1. The van der Waals surface area contributed by atoms with Gasteiger partial charge in [-0.15, -0.1) is 0 Å². The zero-order chi connectivity index (χ0) is 15.8. The Morgan fingerprint density at radius 1 is 1.33 bits per heavy atom. The van der Waals surface area contributed by atoms with Crippen molar-refractivity contribution in [1.29, 1.82) is 0 Å². The van der Waals surface area contributed by atoms with E-state index >= 15 is 0 Å². The van der Waals surface area contributed by atoms with Crippen molar-refractivity contribution in [3.05, 3.63) is 29.7 Å². The molecule has 0 aliphatic heterocycles. The summed E-state index contributed by atoms with van der Waals surface area (Å²) in [5.41, 5.74) is 0.540. The predicted molar refractivity (Wildman–Crippen MR) is 80.7 cm³/mol. The van der Waals surface area contributed by atoms with E-state index in [0.29, 0.717) is 18.5 Å². The minimum atomic E-state index is -3.63. The number of phenolic OH excluding ortho intramolecular Hbond substituents is 1. The van der Waals surface area contributed by atoms with Crippen LogP contribution in [0.25, 0.3) is 10.9 Å². The molecule has 0 amide bonds. The predicted octanol–water partition coefficient (Wildman–Crippen LogP) is 1.79. The fraction of sp³-hybridized carbons (Fsp3) is 0.429. The lowest BCUT2D eigenvalue weighted by Gasteiger charge is -2.08. The Kier molecular flexibility index (Phi) is 4.25. The molecule has 0 aliphatic carbocycles. The van der Waals surface area contributed by atoms with Gasteiger partial charge in [0, 0.05) is 18.1 Å². The summed E-state index contributed by atoms with van der Waals surface area (Å²) in [4.78, 5) is 1.94. The molecule has 5 nitrogen and oxygen atoms in total. The van der Waals surface area contributed by atoms with Crippen molar-refractivity contribution in [3.63, 3.8) is 0 Å². The lowest BCUT2D eigenvalue weighted by Crippen LogP contribution is -2.15. The first kappa shape index (κ1) is 15.8. The molecule has 2 aromatic rings. The maximum absolute atomic E-state index is 14.1. The van der Waals surface area contributed by atoms with Crippen LogP contribution in [-0.4, -0.2) is 48.8 Å². The van der Waals surface area contributed by atoms with Crippen molar-refractivity contribution < 1.29 is 17.9 Å². The molecule has 0 atom stereocenters. The van der Waals surface area contributed by atoms with Crippen LogP contribution in [-0.2, 0) is 16.4 Å². The molecule has 0 spiro atoms. The van der Waals surface area contributed by atoms with Crippen LogP contribution >= 0.6 is 0 Å². The summed E-state index contributed by atoms with van der Waals surface area (Å²) in [7, 11) is 0.153. The standard InChI is InChI=1S/C14H19FN2O3S/c1-4-21(19,20)17-9-10(7-8-16(2)3)13-12(18)6-5-11(15)14(13)17/h5-6,9,18H,4,7-8H2,1-3H3. The number of rotatable bonds is 5. The highest BCUT2D eigenvalue weighted by Crippen LogP contribution is 2.33.